The number of nitrogens with zero attached hydrogens (tertiary/aromatic N) is 1. The molecule has 13 heavy (non-hydrogen) atoms. The van der Waals surface area contributed by atoms with Gasteiger partial charge in [-0.25, -0.2) is 0 Å². The lowest BCUT2D eigenvalue weighted by molar-refractivity contribution is 0.550. The molecule has 0 amide bonds. The average molecular weight is 192 g/mol. The molecular formula is C10H12N2S. The minimum absolute atomic E-state index is 0.341. The van der Waals surface area contributed by atoms with Crippen molar-refractivity contribution in [2.45, 2.75) is 4.87 Å². The molecule has 0 aliphatic carbocycles. The Balaban J connectivity index is 1.97. The molecule has 2 heterocycles. The molecule has 3 rings (SSSR count). The van der Waals surface area contributed by atoms with Crippen molar-refractivity contribution in [2.75, 3.05) is 24.6 Å². The number of nitrogens with two attached hydrogens (primary N) is 1. The third-order valence-electron chi connectivity index (χ3n) is 2.88. The van der Waals surface area contributed by atoms with Gasteiger partial charge in [0.25, 0.3) is 0 Å². The normalized spacial score (nSPS) is 35.8. The van der Waals surface area contributed by atoms with Gasteiger partial charge in [-0.3, -0.25) is 4.90 Å². The number of benzene rings is 1. The Morgan fingerprint density at radius 2 is 2.08 bits per heavy atom. The van der Waals surface area contributed by atoms with Crippen molar-refractivity contribution in [3.63, 3.8) is 0 Å². The Kier molecular flexibility index (Phi) is 1.44. The first-order chi connectivity index (χ1) is 6.31. The fourth-order valence-corrected chi connectivity index (χ4v) is 3.52. The van der Waals surface area contributed by atoms with Gasteiger partial charge >= 0.3 is 0 Å². The molecule has 3 heteroatoms. The van der Waals surface area contributed by atoms with E-state index in [1.807, 2.05) is 12.1 Å². The van der Waals surface area contributed by atoms with Crippen molar-refractivity contribution in [1.82, 2.24) is 4.90 Å². The zero-order valence-electron chi connectivity index (χ0n) is 7.36. The van der Waals surface area contributed by atoms with E-state index in [0.717, 1.165) is 5.69 Å². The first-order valence-corrected chi connectivity index (χ1v) is 5.55. The Bertz CT molecular complexity index is 335. The zero-order chi connectivity index (χ0) is 8.89. The smallest absolute Gasteiger partial charge is 0.106 e. The zero-order valence-corrected chi connectivity index (χ0v) is 8.18. The third kappa shape index (κ3) is 1.00. The van der Waals surface area contributed by atoms with Gasteiger partial charge in [0, 0.05) is 24.5 Å². The molecule has 2 saturated heterocycles. The molecule has 68 valence electrons. The summed E-state index contributed by atoms with van der Waals surface area (Å²) < 4.78 is 0. The summed E-state index contributed by atoms with van der Waals surface area (Å²) in [6, 6.07) is 8.32. The highest BCUT2D eigenvalue weighted by Crippen LogP contribution is 2.56. The number of thioether (sulfide) groups is 1. The minimum atomic E-state index is 0.341. The first-order valence-electron chi connectivity index (χ1n) is 4.56. The summed E-state index contributed by atoms with van der Waals surface area (Å²) in [6.45, 7) is 2.47. The molecule has 2 nitrogen and oxygen atoms in total. The van der Waals surface area contributed by atoms with E-state index in [0.29, 0.717) is 4.87 Å². The number of hydrogen-bond acceptors (Lipinski definition) is 3. The van der Waals surface area contributed by atoms with Gasteiger partial charge in [-0.05, 0) is 17.7 Å². The Labute approximate surface area is 82.1 Å². The third-order valence-corrected chi connectivity index (χ3v) is 4.36. The standard InChI is InChI=1S/C10H12N2S/c11-9-3-1-8(2-4-9)10-7-12(10)5-6-13-10/h1-4H,5-7,11H2. The number of anilines is 1. The molecule has 2 aliphatic rings. The molecule has 2 N–H and O–H groups in total. The lowest BCUT2D eigenvalue weighted by atomic mass is 10.1. The SMILES string of the molecule is Nc1ccc(C23CN2CCS3)cc1. The maximum absolute atomic E-state index is 5.66. The molecule has 0 saturated carbocycles. The lowest BCUT2D eigenvalue weighted by Gasteiger charge is -2.10. The molecule has 0 spiro atoms. The maximum Gasteiger partial charge on any atom is 0.106 e. The van der Waals surface area contributed by atoms with Crippen molar-refractivity contribution in [3.05, 3.63) is 29.8 Å². The second-order valence-electron chi connectivity index (χ2n) is 3.68. The average Bonchev–Trinajstić information content (AvgIpc) is 2.71. The molecule has 0 aromatic heterocycles. The first kappa shape index (κ1) is 7.71. The molecule has 1 aromatic rings. The monoisotopic (exact) mass is 192 g/mol. The largest absolute Gasteiger partial charge is 0.399 e. The molecule has 0 radical (unpaired) electrons. The van der Waals surface area contributed by atoms with Crippen LogP contribution in [0.15, 0.2) is 24.3 Å². The van der Waals surface area contributed by atoms with Gasteiger partial charge in [0.1, 0.15) is 4.87 Å². The van der Waals surface area contributed by atoms with Crippen LogP contribution in [0.2, 0.25) is 0 Å². The predicted octanol–water partition coefficient (Wildman–Crippen LogP) is 1.48. The highest BCUT2D eigenvalue weighted by molar-refractivity contribution is 8.00. The molecule has 0 bridgehead atoms. The van der Waals surface area contributed by atoms with Crippen LogP contribution in [0, 0.1) is 0 Å². The van der Waals surface area contributed by atoms with Crippen LogP contribution in [0.1, 0.15) is 5.56 Å². The Morgan fingerprint density at radius 3 is 2.62 bits per heavy atom. The second-order valence-corrected chi connectivity index (χ2v) is 5.05. The van der Waals surface area contributed by atoms with Crippen molar-refractivity contribution >= 4 is 17.4 Å². The van der Waals surface area contributed by atoms with E-state index in [2.05, 4.69) is 28.8 Å². The summed E-state index contributed by atoms with van der Waals surface area (Å²) in [6.07, 6.45) is 0. The highest BCUT2D eigenvalue weighted by Gasteiger charge is 2.56. The van der Waals surface area contributed by atoms with E-state index >= 15 is 0 Å². The van der Waals surface area contributed by atoms with E-state index in [-0.39, 0.29) is 0 Å². The predicted molar refractivity (Wildman–Crippen MR) is 56.6 cm³/mol. The summed E-state index contributed by atoms with van der Waals surface area (Å²) in [5.74, 6) is 1.27. The molecule has 2 fully saturated rings. The van der Waals surface area contributed by atoms with Crippen molar-refractivity contribution < 1.29 is 0 Å². The Hall–Kier alpha value is -0.670. The second kappa shape index (κ2) is 2.42. The van der Waals surface area contributed by atoms with Crippen LogP contribution in [0.3, 0.4) is 0 Å². The number of fused-ring (bicyclic) bond motifs is 1. The van der Waals surface area contributed by atoms with Crippen LogP contribution < -0.4 is 5.73 Å². The van der Waals surface area contributed by atoms with Gasteiger partial charge < -0.3 is 5.73 Å². The molecular weight excluding hydrogens is 180 g/mol. The summed E-state index contributed by atoms with van der Waals surface area (Å²) in [5.41, 5.74) is 7.94. The number of nitrogen functional groups attached to an aromatic ring is 1. The van der Waals surface area contributed by atoms with E-state index in [1.54, 1.807) is 0 Å². The summed E-state index contributed by atoms with van der Waals surface area (Å²) in [5, 5.41) is 0. The Morgan fingerprint density at radius 1 is 1.31 bits per heavy atom. The van der Waals surface area contributed by atoms with Gasteiger partial charge in [-0.2, -0.15) is 0 Å². The van der Waals surface area contributed by atoms with E-state index < -0.39 is 0 Å². The van der Waals surface area contributed by atoms with Crippen LogP contribution in [-0.4, -0.2) is 23.7 Å². The summed E-state index contributed by atoms with van der Waals surface area (Å²) >= 11 is 2.06. The van der Waals surface area contributed by atoms with Crippen molar-refractivity contribution in [3.8, 4) is 0 Å². The van der Waals surface area contributed by atoms with Gasteiger partial charge in [0.05, 0.1) is 0 Å². The van der Waals surface area contributed by atoms with Crippen LogP contribution in [-0.2, 0) is 4.87 Å². The van der Waals surface area contributed by atoms with E-state index in [1.165, 1.54) is 24.4 Å². The number of hydrogen-bond donors (Lipinski definition) is 1. The maximum atomic E-state index is 5.66. The van der Waals surface area contributed by atoms with Gasteiger partial charge in [-0.1, -0.05) is 12.1 Å². The topological polar surface area (TPSA) is 29.0 Å². The quantitative estimate of drug-likeness (QED) is 0.540. The van der Waals surface area contributed by atoms with Gasteiger partial charge in [-0.15, -0.1) is 11.8 Å². The van der Waals surface area contributed by atoms with Crippen LogP contribution in [0.25, 0.3) is 0 Å². The fourth-order valence-electron chi connectivity index (χ4n) is 2.05. The van der Waals surface area contributed by atoms with Crippen LogP contribution in [0.4, 0.5) is 5.69 Å². The van der Waals surface area contributed by atoms with E-state index in [4.69, 9.17) is 5.73 Å². The minimum Gasteiger partial charge on any atom is -0.399 e. The molecule has 1 aromatic carbocycles. The summed E-state index contributed by atoms with van der Waals surface area (Å²) in [7, 11) is 0. The van der Waals surface area contributed by atoms with Crippen molar-refractivity contribution in [1.29, 1.82) is 0 Å². The van der Waals surface area contributed by atoms with Crippen LogP contribution >= 0.6 is 11.8 Å². The molecule has 2 aliphatic heterocycles. The highest BCUT2D eigenvalue weighted by atomic mass is 32.2. The lowest BCUT2D eigenvalue weighted by Crippen LogP contribution is -2.05. The summed E-state index contributed by atoms with van der Waals surface area (Å²) in [4.78, 5) is 2.86. The van der Waals surface area contributed by atoms with Gasteiger partial charge in [0.15, 0.2) is 0 Å². The number of rotatable bonds is 1. The molecule has 2 unspecified atom stereocenters. The van der Waals surface area contributed by atoms with Crippen molar-refractivity contribution in [2.24, 2.45) is 0 Å². The van der Waals surface area contributed by atoms with Crippen LogP contribution in [0.5, 0.6) is 0 Å². The van der Waals surface area contributed by atoms with Gasteiger partial charge in [0.2, 0.25) is 0 Å². The molecule has 2 atom stereocenters. The van der Waals surface area contributed by atoms with E-state index in [9.17, 15) is 0 Å². The fraction of sp³-hybridized carbons (Fsp3) is 0.400.